The number of ether oxygens (including phenoxy) is 1. The maximum Gasteiger partial charge on any atom is 0.165 e. The minimum Gasteiger partial charge on any atom is -0.494 e. The van der Waals surface area contributed by atoms with Gasteiger partial charge in [0, 0.05) is 5.92 Å². The standard InChI is InChI=1S/C16H16F2O2/c1-20-16-6-5-11(8-15(16)18)7-13(10-19)12-3-2-4-14(17)9-12/h2-6,8-9,13,19H,7,10H2,1H3. The van der Waals surface area contributed by atoms with Gasteiger partial charge in [0.15, 0.2) is 11.6 Å². The van der Waals surface area contributed by atoms with Crippen molar-refractivity contribution in [1.29, 1.82) is 0 Å². The molecule has 0 aromatic heterocycles. The summed E-state index contributed by atoms with van der Waals surface area (Å²) >= 11 is 0. The van der Waals surface area contributed by atoms with Gasteiger partial charge in [-0.25, -0.2) is 8.78 Å². The minimum absolute atomic E-state index is 0.128. The normalized spacial score (nSPS) is 12.2. The van der Waals surface area contributed by atoms with Gasteiger partial charge in [-0.3, -0.25) is 0 Å². The van der Waals surface area contributed by atoms with E-state index < -0.39 is 5.82 Å². The molecular weight excluding hydrogens is 262 g/mol. The zero-order valence-corrected chi connectivity index (χ0v) is 11.1. The van der Waals surface area contributed by atoms with Crippen molar-refractivity contribution in [2.75, 3.05) is 13.7 Å². The predicted molar refractivity (Wildman–Crippen MR) is 72.9 cm³/mol. The molecule has 0 spiro atoms. The van der Waals surface area contributed by atoms with Gasteiger partial charge in [-0.2, -0.15) is 0 Å². The highest BCUT2D eigenvalue weighted by atomic mass is 19.1. The number of rotatable bonds is 5. The molecule has 2 aromatic rings. The Labute approximate surface area is 116 Å². The lowest BCUT2D eigenvalue weighted by molar-refractivity contribution is 0.264. The second-order valence-corrected chi connectivity index (χ2v) is 4.61. The number of hydrogen-bond acceptors (Lipinski definition) is 2. The summed E-state index contributed by atoms with van der Waals surface area (Å²) in [6, 6.07) is 10.8. The lowest BCUT2D eigenvalue weighted by Crippen LogP contribution is -2.08. The van der Waals surface area contributed by atoms with Crippen molar-refractivity contribution in [2.45, 2.75) is 12.3 Å². The molecule has 0 aliphatic heterocycles. The van der Waals surface area contributed by atoms with Crippen molar-refractivity contribution in [3.63, 3.8) is 0 Å². The van der Waals surface area contributed by atoms with Crippen molar-refractivity contribution in [3.8, 4) is 5.75 Å². The number of benzene rings is 2. The van der Waals surface area contributed by atoms with E-state index in [0.717, 1.165) is 5.56 Å². The van der Waals surface area contributed by atoms with Crippen LogP contribution < -0.4 is 4.74 Å². The molecule has 2 aromatic carbocycles. The van der Waals surface area contributed by atoms with E-state index >= 15 is 0 Å². The molecule has 4 heteroatoms. The molecule has 2 rings (SSSR count). The summed E-state index contributed by atoms with van der Waals surface area (Å²) in [7, 11) is 1.40. The summed E-state index contributed by atoms with van der Waals surface area (Å²) in [6.45, 7) is -0.128. The zero-order chi connectivity index (χ0) is 14.5. The highest BCUT2D eigenvalue weighted by molar-refractivity contribution is 5.31. The fourth-order valence-corrected chi connectivity index (χ4v) is 2.17. The second kappa shape index (κ2) is 6.48. The van der Waals surface area contributed by atoms with Crippen LogP contribution >= 0.6 is 0 Å². The van der Waals surface area contributed by atoms with E-state index in [-0.39, 0.29) is 24.1 Å². The van der Waals surface area contributed by atoms with Crippen LogP contribution in [-0.2, 0) is 6.42 Å². The topological polar surface area (TPSA) is 29.5 Å². The first-order chi connectivity index (χ1) is 9.63. The number of methoxy groups -OCH3 is 1. The average molecular weight is 278 g/mol. The van der Waals surface area contributed by atoms with Gasteiger partial charge in [-0.05, 0) is 41.8 Å². The van der Waals surface area contributed by atoms with Crippen LogP contribution in [0, 0.1) is 11.6 Å². The minimum atomic E-state index is -0.444. The molecule has 20 heavy (non-hydrogen) atoms. The van der Waals surface area contributed by atoms with Crippen LogP contribution in [0.4, 0.5) is 8.78 Å². The summed E-state index contributed by atoms with van der Waals surface area (Å²) in [4.78, 5) is 0. The molecule has 1 unspecified atom stereocenters. The van der Waals surface area contributed by atoms with Gasteiger partial charge in [0.05, 0.1) is 13.7 Å². The SMILES string of the molecule is COc1ccc(CC(CO)c2cccc(F)c2)cc1F. The first-order valence-corrected chi connectivity index (χ1v) is 6.32. The van der Waals surface area contributed by atoms with Crippen LogP contribution in [0.3, 0.4) is 0 Å². The van der Waals surface area contributed by atoms with Gasteiger partial charge in [0.25, 0.3) is 0 Å². The van der Waals surface area contributed by atoms with Crippen molar-refractivity contribution in [2.24, 2.45) is 0 Å². The van der Waals surface area contributed by atoms with E-state index in [1.807, 2.05) is 0 Å². The maximum atomic E-state index is 13.6. The molecule has 0 radical (unpaired) electrons. The van der Waals surface area contributed by atoms with Gasteiger partial charge < -0.3 is 9.84 Å². The zero-order valence-electron chi connectivity index (χ0n) is 11.1. The molecule has 2 nitrogen and oxygen atoms in total. The Hall–Kier alpha value is -1.94. The lowest BCUT2D eigenvalue weighted by atomic mass is 9.92. The molecule has 1 N–H and O–H groups in total. The Bertz CT molecular complexity index is 584. The van der Waals surface area contributed by atoms with Crippen molar-refractivity contribution < 1.29 is 18.6 Å². The van der Waals surface area contributed by atoms with E-state index in [0.29, 0.717) is 12.0 Å². The lowest BCUT2D eigenvalue weighted by Gasteiger charge is -2.15. The van der Waals surface area contributed by atoms with Crippen LogP contribution in [-0.4, -0.2) is 18.8 Å². The summed E-state index contributed by atoms with van der Waals surface area (Å²) < 4.78 is 31.7. The Morgan fingerprint density at radius 2 is 1.95 bits per heavy atom. The van der Waals surface area contributed by atoms with Crippen molar-refractivity contribution >= 4 is 0 Å². The van der Waals surface area contributed by atoms with Gasteiger partial charge in [0.2, 0.25) is 0 Å². The molecule has 0 bridgehead atoms. The molecule has 0 saturated carbocycles. The summed E-state index contributed by atoms with van der Waals surface area (Å²) in [5.41, 5.74) is 1.43. The Kier molecular flexibility index (Phi) is 4.69. The smallest absolute Gasteiger partial charge is 0.165 e. The fourth-order valence-electron chi connectivity index (χ4n) is 2.17. The van der Waals surface area contributed by atoms with E-state index in [1.54, 1.807) is 24.3 Å². The first kappa shape index (κ1) is 14.5. The van der Waals surface area contributed by atoms with Crippen molar-refractivity contribution in [1.82, 2.24) is 0 Å². The molecular formula is C16H16F2O2. The third kappa shape index (κ3) is 3.33. The van der Waals surface area contributed by atoms with Crippen LogP contribution in [0.25, 0.3) is 0 Å². The molecule has 1 atom stereocenters. The molecule has 0 aliphatic rings. The number of aliphatic hydroxyl groups is 1. The van der Waals surface area contributed by atoms with E-state index in [1.165, 1.54) is 25.3 Å². The molecule has 0 amide bonds. The molecule has 0 saturated heterocycles. The Morgan fingerprint density at radius 3 is 2.55 bits per heavy atom. The largest absolute Gasteiger partial charge is 0.494 e. The summed E-state index contributed by atoms with van der Waals surface area (Å²) in [5, 5.41) is 9.46. The van der Waals surface area contributed by atoms with Gasteiger partial charge in [-0.1, -0.05) is 18.2 Å². The van der Waals surface area contributed by atoms with Crippen LogP contribution in [0.5, 0.6) is 5.75 Å². The van der Waals surface area contributed by atoms with Gasteiger partial charge in [0.1, 0.15) is 5.82 Å². The highest BCUT2D eigenvalue weighted by Crippen LogP contribution is 2.24. The van der Waals surface area contributed by atoms with Gasteiger partial charge >= 0.3 is 0 Å². The Balaban J connectivity index is 2.20. The quantitative estimate of drug-likeness (QED) is 0.909. The fraction of sp³-hybridized carbons (Fsp3) is 0.250. The maximum absolute atomic E-state index is 13.6. The first-order valence-electron chi connectivity index (χ1n) is 6.32. The molecule has 0 aliphatic carbocycles. The molecule has 0 fully saturated rings. The third-order valence-electron chi connectivity index (χ3n) is 3.24. The number of hydrogen-bond donors (Lipinski definition) is 1. The van der Waals surface area contributed by atoms with E-state index in [4.69, 9.17) is 4.74 Å². The van der Waals surface area contributed by atoms with Gasteiger partial charge in [-0.15, -0.1) is 0 Å². The predicted octanol–water partition coefficient (Wildman–Crippen LogP) is 3.29. The molecule has 106 valence electrons. The monoisotopic (exact) mass is 278 g/mol. The average Bonchev–Trinajstić information content (AvgIpc) is 2.45. The van der Waals surface area contributed by atoms with Crippen molar-refractivity contribution in [3.05, 3.63) is 65.2 Å². The highest BCUT2D eigenvalue weighted by Gasteiger charge is 2.13. The van der Waals surface area contributed by atoms with Crippen LogP contribution in [0.2, 0.25) is 0 Å². The van der Waals surface area contributed by atoms with E-state index in [9.17, 15) is 13.9 Å². The summed E-state index contributed by atoms with van der Waals surface area (Å²) in [5.74, 6) is -0.874. The van der Waals surface area contributed by atoms with Crippen LogP contribution in [0.1, 0.15) is 17.0 Å². The number of aliphatic hydroxyl groups excluding tert-OH is 1. The third-order valence-corrected chi connectivity index (χ3v) is 3.24. The Morgan fingerprint density at radius 1 is 1.15 bits per heavy atom. The number of halogens is 2. The van der Waals surface area contributed by atoms with E-state index in [2.05, 4.69) is 0 Å². The van der Waals surface area contributed by atoms with Crippen LogP contribution in [0.15, 0.2) is 42.5 Å². The summed E-state index contributed by atoms with van der Waals surface area (Å²) in [6.07, 6.45) is 0.431. The molecule has 0 heterocycles. The second-order valence-electron chi connectivity index (χ2n) is 4.61.